The Kier molecular flexibility index (Phi) is 6.91. The molecule has 1 aromatic rings. The number of aliphatic imine (C=N–C) groups is 1. The van der Waals surface area contributed by atoms with Crippen LogP contribution in [0.25, 0.3) is 0 Å². The molecule has 0 aromatic heterocycles. The monoisotopic (exact) mass is 392 g/mol. The predicted molar refractivity (Wildman–Crippen MR) is 110 cm³/mol. The molecule has 0 aliphatic carbocycles. The third-order valence-electron chi connectivity index (χ3n) is 4.73. The predicted octanol–water partition coefficient (Wildman–Crippen LogP) is 3.28. The first-order chi connectivity index (χ1) is 13.0. The molecular weight excluding hydrogens is 359 g/mol. The van der Waals surface area contributed by atoms with Gasteiger partial charge >= 0.3 is 6.09 Å². The summed E-state index contributed by atoms with van der Waals surface area (Å²) in [6, 6.07) is 6.63. The SMILES string of the molecule is CN=C(NCC(C)(C)c1ccc(F)cc1)N1CCC(NC(=O)OC(C)(C)C)C1. The highest BCUT2D eigenvalue weighted by molar-refractivity contribution is 5.80. The molecule has 28 heavy (non-hydrogen) atoms. The van der Waals surface area contributed by atoms with Gasteiger partial charge in [-0.2, -0.15) is 0 Å². The molecule has 1 fully saturated rings. The summed E-state index contributed by atoms with van der Waals surface area (Å²) in [5.74, 6) is 0.563. The summed E-state index contributed by atoms with van der Waals surface area (Å²) in [7, 11) is 1.75. The number of rotatable bonds is 4. The molecule has 1 aromatic carbocycles. The van der Waals surface area contributed by atoms with Gasteiger partial charge in [-0.25, -0.2) is 9.18 Å². The second-order valence-electron chi connectivity index (χ2n) is 8.87. The van der Waals surface area contributed by atoms with Crippen molar-refractivity contribution in [1.82, 2.24) is 15.5 Å². The maximum atomic E-state index is 13.2. The second-order valence-corrected chi connectivity index (χ2v) is 8.87. The van der Waals surface area contributed by atoms with Crippen LogP contribution < -0.4 is 10.6 Å². The van der Waals surface area contributed by atoms with E-state index in [4.69, 9.17) is 4.74 Å². The standard InChI is InChI=1S/C21H33FN4O2/c1-20(2,3)28-19(27)25-17-11-12-26(13-17)18(23-6)24-14-21(4,5)15-7-9-16(22)10-8-15/h7-10,17H,11-14H2,1-6H3,(H,23,24)(H,25,27). The Morgan fingerprint density at radius 2 is 1.89 bits per heavy atom. The number of carbonyl (C=O) groups excluding carboxylic acids is 1. The van der Waals surface area contributed by atoms with E-state index >= 15 is 0 Å². The number of halogens is 1. The number of likely N-dealkylation sites (tertiary alicyclic amines) is 1. The Bertz CT molecular complexity index is 695. The molecule has 156 valence electrons. The molecule has 1 atom stereocenters. The van der Waals surface area contributed by atoms with Gasteiger partial charge in [-0.05, 0) is 44.9 Å². The van der Waals surface area contributed by atoms with Gasteiger partial charge in [0.15, 0.2) is 5.96 Å². The number of nitrogens with one attached hydrogen (secondary N) is 2. The zero-order valence-electron chi connectivity index (χ0n) is 17.8. The molecule has 7 heteroatoms. The highest BCUT2D eigenvalue weighted by Crippen LogP contribution is 2.22. The summed E-state index contributed by atoms with van der Waals surface area (Å²) >= 11 is 0. The normalized spacial score (nSPS) is 18.2. The third kappa shape index (κ3) is 6.39. The van der Waals surface area contributed by atoms with Crippen molar-refractivity contribution in [3.05, 3.63) is 35.6 Å². The van der Waals surface area contributed by atoms with Crippen molar-refractivity contribution in [2.24, 2.45) is 4.99 Å². The molecule has 1 amide bonds. The van der Waals surface area contributed by atoms with Gasteiger partial charge in [0.1, 0.15) is 11.4 Å². The topological polar surface area (TPSA) is 66.0 Å². The van der Waals surface area contributed by atoms with Gasteiger partial charge in [0.2, 0.25) is 0 Å². The first kappa shape index (κ1) is 22.0. The van der Waals surface area contributed by atoms with Crippen LogP contribution in [0.4, 0.5) is 9.18 Å². The van der Waals surface area contributed by atoms with Gasteiger partial charge in [-0.1, -0.05) is 26.0 Å². The Morgan fingerprint density at radius 3 is 2.46 bits per heavy atom. The van der Waals surface area contributed by atoms with Gasteiger partial charge < -0.3 is 20.3 Å². The van der Waals surface area contributed by atoms with Crippen LogP contribution >= 0.6 is 0 Å². The molecule has 1 saturated heterocycles. The molecular formula is C21H33FN4O2. The summed E-state index contributed by atoms with van der Waals surface area (Å²) in [4.78, 5) is 18.5. The van der Waals surface area contributed by atoms with Crippen molar-refractivity contribution in [2.45, 2.75) is 58.1 Å². The fourth-order valence-corrected chi connectivity index (χ4v) is 3.18. The van der Waals surface area contributed by atoms with E-state index in [0.717, 1.165) is 24.5 Å². The maximum Gasteiger partial charge on any atom is 0.407 e. The minimum Gasteiger partial charge on any atom is -0.444 e. The number of carbonyl (C=O) groups is 1. The van der Waals surface area contributed by atoms with Crippen molar-refractivity contribution >= 4 is 12.1 Å². The van der Waals surface area contributed by atoms with Crippen LogP contribution in [0.5, 0.6) is 0 Å². The van der Waals surface area contributed by atoms with E-state index in [9.17, 15) is 9.18 Å². The van der Waals surface area contributed by atoms with Crippen LogP contribution in [0, 0.1) is 5.82 Å². The van der Waals surface area contributed by atoms with E-state index in [0.29, 0.717) is 13.1 Å². The number of nitrogens with zero attached hydrogens (tertiary/aromatic N) is 2. The van der Waals surface area contributed by atoms with E-state index in [1.165, 1.54) is 12.1 Å². The van der Waals surface area contributed by atoms with E-state index in [1.807, 2.05) is 32.9 Å². The van der Waals surface area contributed by atoms with E-state index in [1.54, 1.807) is 7.05 Å². The maximum absolute atomic E-state index is 13.2. The molecule has 2 N–H and O–H groups in total. The highest BCUT2D eigenvalue weighted by atomic mass is 19.1. The molecule has 0 spiro atoms. The van der Waals surface area contributed by atoms with Crippen LogP contribution in [0.3, 0.4) is 0 Å². The first-order valence-electron chi connectivity index (χ1n) is 9.71. The zero-order valence-corrected chi connectivity index (χ0v) is 17.8. The minimum atomic E-state index is -0.508. The average Bonchev–Trinajstić information content (AvgIpc) is 3.02. The Hall–Kier alpha value is -2.31. The summed E-state index contributed by atoms with van der Waals surface area (Å²) in [6.07, 6.45) is 0.445. The van der Waals surface area contributed by atoms with Crippen LogP contribution in [-0.4, -0.2) is 55.3 Å². The number of hydrogen-bond acceptors (Lipinski definition) is 3. The van der Waals surface area contributed by atoms with Crippen LogP contribution in [0.2, 0.25) is 0 Å². The summed E-state index contributed by atoms with van der Waals surface area (Å²) in [6.45, 7) is 11.9. The zero-order chi connectivity index (χ0) is 20.9. The van der Waals surface area contributed by atoms with Gasteiger partial charge in [0, 0.05) is 32.1 Å². The van der Waals surface area contributed by atoms with E-state index in [2.05, 4.69) is 34.4 Å². The summed E-state index contributed by atoms with van der Waals surface area (Å²) < 4.78 is 18.5. The average molecular weight is 393 g/mol. The van der Waals surface area contributed by atoms with Gasteiger partial charge in [-0.15, -0.1) is 0 Å². The van der Waals surface area contributed by atoms with Crippen LogP contribution in [0.15, 0.2) is 29.3 Å². The Balaban J connectivity index is 1.88. The van der Waals surface area contributed by atoms with Crippen molar-refractivity contribution in [1.29, 1.82) is 0 Å². The fourth-order valence-electron chi connectivity index (χ4n) is 3.18. The van der Waals surface area contributed by atoms with Gasteiger partial charge in [0.25, 0.3) is 0 Å². The molecule has 1 unspecified atom stereocenters. The van der Waals surface area contributed by atoms with Crippen LogP contribution in [0.1, 0.15) is 46.6 Å². The first-order valence-corrected chi connectivity index (χ1v) is 9.71. The van der Waals surface area contributed by atoms with Crippen molar-refractivity contribution in [3.63, 3.8) is 0 Å². The van der Waals surface area contributed by atoms with Crippen molar-refractivity contribution in [2.75, 3.05) is 26.7 Å². The molecule has 1 aliphatic rings. The summed E-state index contributed by atoms with van der Waals surface area (Å²) in [5, 5.41) is 6.34. The van der Waals surface area contributed by atoms with Crippen molar-refractivity contribution in [3.8, 4) is 0 Å². The largest absolute Gasteiger partial charge is 0.444 e. The second kappa shape index (κ2) is 8.80. The lowest BCUT2D eigenvalue weighted by Gasteiger charge is -2.29. The summed E-state index contributed by atoms with van der Waals surface area (Å²) in [5.41, 5.74) is 0.367. The molecule has 2 rings (SSSR count). The van der Waals surface area contributed by atoms with Gasteiger partial charge in [0.05, 0.1) is 6.04 Å². The van der Waals surface area contributed by atoms with Crippen molar-refractivity contribution < 1.29 is 13.9 Å². The molecule has 1 heterocycles. The number of amides is 1. The van der Waals surface area contributed by atoms with E-state index in [-0.39, 0.29) is 23.4 Å². The number of hydrogen-bond donors (Lipinski definition) is 2. The third-order valence-corrected chi connectivity index (χ3v) is 4.73. The number of alkyl carbamates (subject to hydrolysis) is 1. The minimum absolute atomic E-state index is 0.0264. The lowest BCUT2D eigenvalue weighted by atomic mass is 9.84. The molecule has 0 radical (unpaired) electrons. The molecule has 0 saturated carbocycles. The smallest absolute Gasteiger partial charge is 0.407 e. The fraction of sp³-hybridized carbons (Fsp3) is 0.619. The molecule has 0 bridgehead atoms. The Labute approximate surface area is 167 Å². The number of guanidine groups is 1. The lowest BCUT2D eigenvalue weighted by Crippen LogP contribution is -2.46. The Morgan fingerprint density at radius 1 is 1.25 bits per heavy atom. The number of ether oxygens (including phenoxy) is 1. The lowest BCUT2D eigenvalue weighted by molar-refractivity contribution is 0.0507. The quantitative estimate of drug-likeness (QED) is 0.610. The highest BCUT2D eigenvalue weighted by Gasteiger charge is 2.29. The van der Waals surface area contributed by atoms with E-state index < -0.39 is 5.60 Å². The molecule has 6 nitrogen and oxygen atoms in total. The van der Waals surface area contributed by atoms with Gasteiger partial charge in [-0.3, -0.25) is 4.99 Å². The molecule has 1 aliphatic heterocycles. The van der Waals surface area contributed by atoms with Crippen LogP contribution in [-0.2, 0) is 10.2 Å². The number of benzene rings is 1.